The monoisotopic (exact) mass is 446 g/mol. The van der Waals surface area contributed by atoms with E-state index >= 15 is 0 Å². The molecular weight excluding hydrogens is 420 g/mol. The quantitative estimate of drug-likeness (QED) is 0.483. The molecule has 0 saturated carbocycles. The van der Waals surface area contributed by atoms with Crippen LogP contribution < -0.4 is 11.0 Å². The second-order valence-corrected chi connectivity index (χ2v) is 8.16. The maximum absolute atomic E-state index is 12.6. The zero-order valence-corrected chi connectivity index (χ0v) is 18.4. The topological polar surface area (TPSA) is 115 Å². The number of carbonyl (C=O) groups is 2. The van der Waals surface area contributed by atoms with Gasteiger partial charge in [-0.25, -0.2) is 4.79 Å². The summed E-state index contributed by atoms with van der Waals surface area (Å²) in [6.45, 7) is 3.70. The highest BCUT2D eigenvalue weighted by Crippen LogP contribution is 2.26. The lowest BCUT2D eigenvalue weighted by Crippen LogP contribution is -2.30. The summed E-state index contributed by atoms with van der Waals surface area (Å²) in [6.07, 6.45) is 2.22. The number of nitrogens with one attached hydrogen (secondary N) is 2. The number of likely N-dealkylation sites (tertiary alicyclic amines) is 1. The predicted molar refractivity (Wildman–Crippen MR) is 125 cm³/mol. The summed E-state index contributed by atoms with van der Waals surface area (Å²) in [5.41, 5.74) is 3.07. The maximum atomic E-state index is 12.6. The largest absolute Gasteiger partial charge is 0.508 e. The smallest absolute Gasteiger partial charge is 0.345 e. The van der Waals surface area contributed by atoms with Crippen molar-refractivity contribution in [2.24, 2.45) is 0 Å². The van der Waals surface area contributed by atoms with Crippen LogP contribution in [0.5, 0.6) is 5.75 Å². The van der Waals surface area contributed by atoms with Crippen LogP contribution in [0.3, 0.4) is 0 Å². The Labute approximate surface area is 191 Å². The highest BCUT2D eigenvalue weighted by molar-refractivity contribution is 5.95. The van der Waals surface area contributed by atoms with E-state index in [2.05, 4.69) is 15.3 Å². The van der Waals surface area contributed by atoms with Crippen molar-refractivity contribution < 1.29 is 14.7 Å². The molecule has 0 spiro atoms. The molecule has 0 bridgehead atoms. The number of phenols is 1. The van der Waals surface area contributed by atoms with E-state index in [9.17, 15) is 19.5 Å². The zero-order chi connectivity index (χ0) is 23.4. The van der Waals surface area contributed by atoms with Crippen LogP contribution in [0.2, 0.25) is 0 Å². The van der Waals surface area contributed by atoms with E-state index in [4.69, 9.17) is 0 Å². The fraction of sp³-hybridized carbons (Fsp3) is 0.280. The molecule has 2 heterocycles. The van der Waals surface area contributed by atoms with Gasteiger partial charge in [0.1, 0.15) is 5.75 Å². The molecule has 1 aliphatic rings. The minimum Gasteiger partial charge on any atom is -0.508 e. The molecule has 1 aromatic heterocycles. The third-order valence-electron chi connectivity index (χ3n) is 5.73. The number of aromatic nitrogens is 2. The van der Waals surface area contributed by atoms with Crippen molar-refractivity contribution in [3.05, 3.63) is 70.1 Å². The van der Waals surface area contributed by atoms with E-state index in [1.54, 1.807) is 49.4 Å². The van der Waals surface area contributed by atoms with Gasteiger partial charge in [0.05, 0.1) is 11.4 Å². The summed E-state index contributed by atoms with van der Waals surface area (Å²) in [5, 5.41) is 12.7. The Morgan fingerprint density at radius 1 is 1.15 bits per heavy atom. The molecule has 1 aliphatic heterocycles. The van der Waals surface area contributed by atoms with E-state index < -0.39 is 5.69 Å². The molecule has 3 aromatic rings. The minimum atomic E-state index is -0.500. The van der Waals surface area contributed by atoms with Gasteiger partial charge in [-0.1, -0.05) is 12.1 Å². The van der Waals surface area contributed by atoms with E-state index in [1.807, 2.05) is 11.0 Å². The van der Waals surface area contributed by atoms with Gasteiger partial charge in [0.15, 0.2) is 0 Å². The molecule has 0 aliphatic carbocycles. The Kier molecular flexibility index (Phi) is 6.53. The molecule has 8 heteroatoms. The molecule has 4 rings (SSSR count). The SMILES string of the molecule is Cc1cc(-c2cc(-c3cccc(C(=O)NCCCN4CCCC4=O)c3)[nH]c(=O)n2)ccc1O. The molecule has 1 saturated heterocycles. The normalized spacial score (nSPS) is 13.4. The van der Waals surface area contributed by atoms with Crippen molar-refractivity contribution in [1.29, 1.82) is 0 Å². The van der Waals surface area contributed by atoms with Gasteiger partial charge >= 0.3 is 5.69 Å². The fourth-order valence-corrected chi connectivity index (χ4v) is 3.92. The number of aromatic hydroxyl groups is 1. The Hall–Kier alpha value is -3.94. The first-order valence-corrected chi connectivity index (χ1v) is 11.0. The van der Waals surface area contributed by atoms with Crippen LogP contribution in [0, 0.1) is 6.92 Å². The lowest BCUT2D eigenvalue weighted by atomic mass is 10.0. The lowest BCUT2D eigenvalue weighted by molar-refractivity contribution is -0.127. The number of hydrogen-bond donors (Lipinski definition) is 3. The maximum Gasteiger partial charge on any atom is 0.345 e. The first-order valence-electron chi connectivity index (χ1n) is 11.0. The van der Waals surface area contributed by atoms with Crippen LogP contribution in [-0.4, -0.2) is 51.4 Å². The number of hydrogen-bond acceptors (Lipinski definition) is 5. The number of aromatic amines is 1. The summed E-state index contributed by atoms with van der Waals surface area (Å²) in [5.74, 6) is 0.146. The zero-order valence-electron chi connectivity index (χ0n) is 18.4. The highest BCUT2D eigenvalue weighted by Gasteiger charge is 2.19. The third kappa shape index (κ3) is 5.28. The van der Waals surface area contributed by atoms with Crippen molar-refractivity contribution in [1.82, 2.24) is 20.2 Å². The summed E-state index contributed by atoms with van der Waals surface area (Å²) < 4.78 is 0. The molecular formula is C25H26N4O4. The first-order chi connectivity index (χ1) is 15.9. The number of amides is 2. The molecule has 0 unspecified atom stereocenters. The van der Waals surface area contributed by atoms with Gasteiger partial charge in [-0.3, -0.25) is 9.59 Å². The van der Waals surface area contributed by atoms with Gasteiger partial charge in [0, 0.05) is 37.2 Å². The molecule has 0 atom stereocenters. The van der Waals surface area contributed by atoms with Gasteiger partial charge in [0.25, 0.3) is 5.91 Å². The third-order valence-corrected chi connectivity index (χ3v) is 5.73. The average molecular weight is 447 g/mol. The Bertz CT molecular complexity index is 1250. The second-order valence-electron chi connectivity index (χ2n) is 8.16. The molecule has 8 nitrogen and oxygen atoms in total. The minimum absolute atomic E-state index is 0.176. The van der Waals surface area contributed by atoms with Crippen molar-refractivity contribution in [3.8, 4) is 28.3 Å². The molecule has 3 N–H and O–H groups in total. The number of H-pyrrole nitrogens is 1. The lowest BCUT2D eigenvalue weighted by Gasteiger charge is -2.15. The second kappa shape index (κ2) is 9.68. The van der Waals surface area contributed by atoms with E-state index in [0.29, 0.717) is 59.6 Å². The molecule has 2 aromatic carbocycles. The van der Waals surface area contributed by atoms with Crippen LogP contribution in [0.25, 0.3) is 22.5 Å². The van der Waals surface area contributed by atoms with Crippen LogP contribution in [0.4, 0.5) is 0 Å². The molecule has 1 fully saturated rings. The molecule has 0 radical (unpaired) electrons. The van der Waals surface area contributed by atoms with E-state index in [-0.39, 0.29) is 17.6 Å². The van der Waals surface area contributed by atoms with Gasteiger partial charge < -0.3 is 20.3 Å². The standard InChI is InChI=1S/C25H26N4O4/c1-16-13-18(8-9-22(16)30)21-15-20(27-25(33)28-21)17-5-2-6-19(14-17)24(32)26-10-4-12-29-11-3-7-23(29)31/h2,5-6,8-9,13-15,30H,3-4,7,10-12H2,1H3,(H,26,32)(H,27,28,33). The molecule has 2 amide bonds. The summed E-state index contributed by atoms with van der Waals surface area (Å²) in [6, 6.07) is 13.8. The average Bonchev–Trinajstić information content (AvgIpc) is 3.22. The Morgan fingerprint density at radius 3 is 2.76 bits per heavy atom. The van der Waals surface area contributed by atoms with Crippen LogP contribution in [-0.2, 0) is 4.79 Å². The van der Waals surface area contributed by atoms with E-state index in [1.165, 1.54) is 0 Å². The van der Waals surface area contributed by atoms with Crippen molar-refractivity contribution in [2.45, 2.75) is 26.2 Å². The number of benzene rings is 2. The van der Waals surface area contributed by atoms with E-state index in [0.717, 1.165) is 13.0 Å². The van der Waals surface area contributed by atoms with Crippen LogP contribution in [0.1, 0.15) is 35.2 Å². The summed E-state index contributed by atoms with van der Waals surface area (Å²) in [4.78, 5) is 45.1. The van der Waals surface area contributed by atoms with Crippen LogP contribution in [0.15, 0.2) is 53.3 Å². The van der Waals surface area contributed by atoms with Gasteiger partial charge in [-0.15, -0.1) is 0 Å². The number of nitrogens with zero attached hydrogens (tertiary/aromatic N) is 2. The number of rotatable bonds is 7. The first kappa shape index (κ1) is 22.3. The Balaban J connectivity index is 1.47. The summed E-state index contributed by atoms with van der Waals surface area (Å²) in [7, 11) is 0. The molecule has 33 heavy (non-hydrogen) atoms. The fourth-order valence-electron chi connectivity index (χ4n) is 3.92. The van der Waals surface area contributed by atoms with Crippen molar-refractivity contribution in [3.63, 3.8) is 0 Å². The predicted octanol–water partition coefficient (Wildman–Crippen LogP) is 2.86. The van der Waals surface area contributed by atoms with Crippen LogP contribution >= 0.6 is 0 Å². The van der Waals surface area contributed by atoms with Gasteiger partial charge in [-0.2, -0.15) is 4.98 Å². The van der Waals surface area contributed by atoms with Crippen molar-refractivity contribution >= 4 is 11.8 Å². The van der Waals surface area contributed by atoms with Crippen molar-refractivity contribution in [2.75, 3.05) is 19.6 Å². The number of aryl methyl sites for hydroxylation is 1. The molecule has 170 valence electrons. The number of carbonyl (C=O) groups excluding carboxylic acids is 2. The van der Waals surface area contributed by atoms with Gasteiger partial charge in [-0.05, 0) is 67.3 Å². The Morgan fingerprint density at radius 2 is 2.00 bits per heavy atom. The van der Waals surface area contributed by atoms with Gasteiger partial charge in [0.2, 0.25) is 5.91 Å². The highest BCUT2D eigenvalue weighted by atomic mass is 16.3. The number of phenolic OH excluding ortho intramolecular Hbond substituents is 1. The summed E-state index contributed by atoms with van der Waals surface area (Å²) >= 11 is 0.